The topological polar surface area (TPSA) is 56.8 Å². The van der Waals surface area contributed by atoms with Crippen LogP contribution in [0, 0.1) is 5.82 Å². The van der Waals surface area contributed by atoms with Gasteiger partial charge in [-0.05, 0) is 67.9 Å². The molecule has 0 aliphatic carbocycles. The van der Waals surface area contributed by atoms with Gasteiger partial charge in [0, 0.05) is 22.3 Å². The quantitative estimate of drug-likeness (QED) is 0.283. The first kappa shape index (κ1) is 24.9. The number of carbonyl (C=O) groups excluding carboxylic acids is 1. The fourth-order valence-electron chi connectivity index (χ4n) is 3.02. The first-order valence-electron chi connectivity index (χ1n) is 10.4. The molecule has 0 aliphatic heterocycles. The molecule has 0 aromatic heterocycles. The zero-order chi connectivity index (χ0) is 23.8. The number of carbonyl (C=O) groups is 1. The summed E-state index contributed by atoms with van der Waals surface area (Å²) in [4.78, 5) is 11.8. The minimum atomic E-state index is -0.395. The molecular formula is C25H24BrClFNO4. The second kappa shape index (κ2) is 11.9. The summed E-state index contributed by atoms with van der Waals surface area (Å²) in [7, 11) is 0. The molecule has 5 nitrogen and oxygen atoms in total. The van der Waals surface area contributed by atoms with Crippen LogP contribution in [0.15, 0.2) is 59.1 Å². The molecule has 174 valence electrons. The van der Waals surface area contributed by atoms with Crippen molar-refractivity contribution in [2.24, 2.45) is 0 Å². The Morgan fingerprint density at radius 2 is 1.70 bits per heavy atom. The monoisotopic (exact) mass is 535 g/mol. The summed E-state index contributed by atoms with van der Waals surface area (Å²) in [6.45, 7) is 5.17. The van der Waals surface area contributed by atoms with Gasteiger partial charge in [0.15, 0.2) is 11.5 Å². The molecule has 33 heavy (non-hydrogen) atoms. The van der Waals surface area contributed by atoms with E-state index < -0.39 is 5.82 Å². The van der Waals surface area contributed by atoms with E-state index in [1.54, 1.807) is 25.1 Å². The lowest BCUT2D eigenvalue weighted by molar-refractivity contribution is 0.0526. The number of nitrogens with one attached hydrogen (secondary N) is 1. The van der Waals surface area contributed by atoms with Gasteiger partial charge in [-0.3, -0.25) is 0 Å². The fraction of sp³-hybridized carbons (Fsp3) is 0.240. The van der Waals surface area contributed by atoms with Gasteiger partial charge in [-0.1, -0.05) is 33.6 Å². The number of ether oxygens (including phenoxy) is 3. The van der Waals surface area contributed by atoms with Gasteiger partial charge in [0.25, 0.3) is 0 Å². The smallest absolute Gasteiger partial charge is 0.338 e. The molecule has 0 unspecified atom stereocenters. The number of esters is 1. The minimum absolute atomic E-state index is 0.177. The number of halogens is 3. The summed E-state index contributed by atoms with van der Waals surface area (Å²) in [6, 6.07) is 15.0. The van der Waals surface area contributed by atoms with Crippen LogP contribution in [0.4, 0.5) is 10.1 Å². The molecular weight excluding hydrogens is 513 g/mol. The van der Waals surface area contributed by atoms with Crippen LogP contribution >= 0.6 is 27.5 Å². The molecule has 0 saturated carbocycles. The highest BCUT2D eigenvalue weighted by molar-refractivity contribution is 9.10. The lowest BCUT2D eigenvalue weighted by Gasteiger charge is -2.16. The molecule has 0 spiro atoms. The molecule has 8 heteroatoms. The van der Waals surface area contributed by atoms with Crippen molar-refractivity contribution in [2.45, 2.75) is 27.0 Å². The van der Waals surface area contributed by atoms with Gasteiger partial charge < -0.3 is 19.5 Å². The summed E-state index contributed by atoms with van der Waals surface area (Å²) in [6.07, 6.45) is 0. The van der Waals surface area contributed by atoms with Crippen LogP contribution in [0.2, 0.25) is 5.02 Å². The van der Waals surface area contributed by atoms with Crippen LogP contribution in [0.3, 0.4) is 0 Å². The van der Waals surface area contributed by atoms with E-state index in [-0.39, 0.29) is 12.6 Å². The average Bonchev–Trinajstić information content (AvgIpc) is 2.79. The van der Waals surface area contributed by atoms with E-state index >= 15 is 0 Å². The Bertz CT molecular complexity index is 1110. The minimum Gasteiger partial charge on any atom is -0.490 e. The average molecular weight is 537 g/mol. The van der Waals surface area contributed by atoms with Crippen molar-refractivity contribution in [3.8, 4) is 11.5 Å². The van der Waals surface area contributed by atoms with Crippen molar-refractivity contribution in [1.29, 1.82) is 0 Å². The molecule has 0 aliphatic rings. The van der Waals surface area contributed by atoms with E-state index in [1.807, 2.05) is 31.2 Å². The zero-order valence-corrected chi connectivity index (χ0v) is 20.6. The third-order valence-electron chi connectivity index (χ3n) is 4.69. The number of anilines is 1. The van der Waals surface area contributed by atoms with Crippen LogP contribution in [-0.4, -0.2) is 19.2 Å². The Labute approximate surface area is 205 Å². The molecule has 1 N–H and O–H groups in total. The number of hydrogen-bond acceptors (Lipinski definition) is 5. The first-order valence-corrected chi connectivity index (χ1v) is 11.6. The zero-order valence-electron chi connectivity index (χ0n) is 18.3. The second-order valence-electron chi connectivity index (χ2n) is 7.00. The van der Waals surface area contributed by atoms with Gasteiger partial charge in [0.1, 0.15) is 12.4 Å². The lowest BCUT2D eigenvalue weighted by atomic mass is 10.1. The SMILES string of the molecule is CCOC(=O)c1ccc(NCc2cc(OCC)c(OCc3ccc(F)cc3Cl)cc2Br)cc1. The van der Waals surface area contributed by atoms with E-state index in [9.17, 15) is 9.18 Å². The predicted octanol–water partition coefficient (Wildman–Crippen LogP) is 7.01. The Kier molecular flexibility index (Phi) is 8.97. The van der Waals surface area contributed by atoms with E-state index in [4.69, 9.17) is 25.8 Å². The Morgan fingerprint density at radius 1 is 0.970 bits per heavy atom. The molecule has 3 aromatic rings. The third-order valence-corrected chi connectivity index (χ3v) is 5.78. The van der Waals surface area contributed by atoms with Gasteiger partial charge in [-0.2, -0.15) is 0 Å². The Hall–Kier alpha value is -2.77. The molecule has 3 rings (SSSR count). The first-order chi connectivity index (χ1) is 15.9. The molecule has 0 atom stereocenters. The molecule has 0 heterocycles. The molecule has 0 radical (unpaired) electrons. The van der Waals surface area contributed by atoms with Crippen molar-refractivity contribution in [3.05, 3.63) is 86.6 Å². The van der Waals surface area contributed by atoms with Gasteiger partial charge in [0.05, 0.1) is 23.8 Å². The van der Waals surface area contributed by atoms with Crippen molar-refractivity contribution in [1.82, 2.24) is 0 Å². The van der Waals surface area contributed by atoms with Crippen LogP contribution in [0.25, 0.3) is 0 Å². The van der Waals surface area contributed by atoms with Crippen molar-refractivity contribution in [3.63, 3.8) is 0 Å². The normalized spacial score (nSPS) is 10.6. The standard InChI is InChI=1S/C25H24BrClFNO4/c1-3-31-23-11-18(14-29-20-9-6-16(7-10-20)25(30)32-4-2)21(26)13-24(23)33-15-17-5-8-19(28)12-22(17)27/h5-13,29H,3-4,14-15H2,1-2H3. The maximum Gasteiger partial charge on any atom is 0.338 e. The van der Waals surface area contributed by atoms with Gasteiger partial charge in [0.2, 0.25) is 0 Å². The highest BCUT2D eigenvalue weighted by Gasteiger charge is 2.13. The van der Waals surface area contributed by atoms with E-state index in [0.717, 1.165) is 15.7 Å². The fourth-order valence-corrected chi connectivity index (χ4v) is 3.71. The predicted molar refractivity (Wildman–Crippen MR) is 131 cm³/mol. The van der Waals surface area contributed by atoms with E-state index in [0.29, 0.717) is 47.4 Å². The Balaban J connectivity index is 1.70. The van der Waals surface area contributed by atoms with Crippen molar-refractivity contribution in [2.75, 3.05) is 18.5 Å². The summed E-state index contributed by atoms with van der Waals surface area (Å²) < 4.78 is 30.8. The summed E-state index contributed by atoms with van der Waals surface area (Å²) in [5, 5.41) is 3.64. The van der Waals surface area contributed by atoms with Crippen molar-refractivity contribution >= 4 is 39.2 Å². The Morgan fingerprint density at radius 3 is 2.36 bits per heavy atom. The van der Waals surface area contributed by atoms with Crippen LogP contribution in [0.5, 0.6) is 11.5 Å². The largest absolute Gasteiger partial charge is 0.490 e. The van der Waals surface area contributed by atoms with Crippen LogP contribution in [-0.2, 0) is 17.9 Å². The van der Waals surface area contributed by atoms with Crippen LogP contribution in [0.1, 0.15) is 35.3 Å². The highest BCUT2D eigenvalue weighted by Crippen LogP contribution is 2.35. The molecule has 3 aromatic carbocycles. The number of hydrogen-bond donors (Lipinski definition) is 1. The maximum absolute atomic E-state index is 13.3. The molecule has 0 amide bonds. The number of rotatable bonds is 10. The van der Waals surface area contributed by atoms with Crippen molar-refractivity contribution < 1.29 is 23.4 Å². The van der Waals surface area contributed by atoms with E-state index in [1.165, 1.54) is 12.1 Å². The summed E-state index contributed by atoms with van der Waals surface area (Å²) in [5.74, 6) is 0.402. The second-order valence-corrected chi connectivity index (χ2v) is 8.26. The van der Waals surface area contributed by atoms with Crippen LogP contribution < -0.4 is 14.8 Å². The number of benzene rings is 3. The van der Waals surface area contributed by atoms with Gasteiger partial charge in [-0.25, -0.2) is 9.18 Å². The summed E-state index contributed by atoms with van der Waals surface area (Å²) >= 11 is 9.69. The lowest BCUT2D eigenvalue weighted by Crippen LogP contribution is -2.06. The molecule has 0 saturated heterocycles. The molecule has 0 bridgehead atoms. The maximum atomic E-state index is 13.3. The third kappa shape index (κ3) is 6.85. The van der Waals surface area contributed by atoms with Gasteiger partial charge in [-0.15, -0.1) is 0 Å². The van der Waals surface area contributed by atoms with E-state index in [2.05, 4.69) is 21.2 Å². The molecule has 0 fully saturated rings. The highest BCUT2D eigenvalue weighted by atomic mass is 79.9. The summed E-state index contributed by atoms with van der Waals surface area (Å²) in [5.41, 5.74) is 3.00. The van der Waals surface area contributed by atoms with Gasteiger partial charge >= 0.3 is 5.97 Å².